The highest BCUT2D eigenvalue weighted by Gasteiger charge is 2.37. The minimum Gasteiger partial charge on any atom is -0.497 e. The van der Waals surface area contributed by atoms with Crippen LogP contribution in [0.5, 0.6) is 11.5 Å². The van der Waals surface area contributed by atoms with Crippen LogP contribution in [0.15, 0.2) is 12.1 Å². The summed E-state index contributed by atoms with van der Waals surface area (Å²) in [5.74, 6) is 0.731. The number of carbonyl (C=O) groups excluding carboxylic acids is 3. The number of likely N-dealkylation sites (tertiary alicyclic amines) is 1. The normalized spacial score (nSPS) is 20.1. The van der Waals surface area contributed by atoms with Crippen molar-refractivity contribution >= 4 is 17.9 Å². The second-order valence-electron chi connectivity index (χ2n) is 10.7. The third kappa shape index (κ3) is 6.60. The summed E-state index contributed by atoms with van der Waals surface area (Å²) >= 11 is 0. The second kappa shape index (κ2) is 13.3. The van der Waals surface area contributed by atoms with Crippen LogP contribution in [0.2, 0.25) is 0 Å². The van der Waals surface area contributed by atoms with Crippen molar-refractivity contribution in [3.8, 4) is 11.5 Å². The number of unbranched alkanes of at least 4 members (excludes halogenated alkanes) is 6. The van der Waals surface area contributed by atoms with E-state index in [2.05, 4.69) is 4.90 Å². The number of carbonyl (C=O) groups is 3. The van der Waals surface area contributed by atoms with Crippen molar-refractivity contribution in [2.45, 2.75) is 83.3 Å². The minimum atomic E-state index is -0.308. The summed E-state index contributed by atoms with van der Waals surface area (Å²) < 4.78 is 16.4. The van der Waals surface area contributed by atoms with E-state index in [1.165, 1.54) is 43.9 Å². The maximum atomic E-state index is 12.4. The van der Waals surface area contributed by atoms with Gasteiger partial charge in [-0.15, -0.1) is 0 Å². The molecule has 0 radical (unpaired) electrons. The van der Waals surface area contributed by atoms with Crippen molar-refractivity contribution in [2.24, 2.45) is 0 Å². The van der Waals surface area contributed by atoms with Crippen LogP contribution in [0.4, 0.5) is 4.79 Å². The number of hydrogen-bond donors (Lipinski definition) is 0. The first-order valence-corrected chi connectivity index (χ1v) is 14.2. The van der Waals surface area contributed by atoms with Crippen LogP contribution in [0.3, 0.4) is 0 Å². The number of hydrogen-bond acceptors (Lipinski definition) is 7. The standard InChI is InChI=1S/C29H43N3O6/c1-21(33)31-17-18-32(29(31)35)22-12-15-30(16-13-22)14-10-8-6-4-5-7-9-11-25-24-19-23(36-2)20-26(37-3)27(24)28(34)38-25/h19-20,22,25H,4-18H2,1-3H3/t25-/m1/s1. The topological polar surface area (TPSA) is 88.6 Å². The Morgan fingerprint density at radius 2 is 1.61 bits per heavy atom. The summed E-state index contributed by atoms with van der Waals surface area (Å²) in [7, 11) is 3.17. The molecule has 0 bridgehead atoms. The molecule has 38 heavy (non-hydrogen) atoms. The molecule has 0 N–H and O–H groups in total. The number of piperidine rings is 1. The number of methoxy groups -OCH3 is 2. The highest BCUT2D eigenvalue weighted by Crippen LogP contribution is 2.41. The van der Waals surface area contributed by atoms with Crippen LogP contribution >= 0.6 is 0 Å². The maximum Gasteiger partial charge on any atom is 0.342 e. The lowest BCUT2D eigenvalue weighted by atomic mass is 9.98. The molecule has 4 rings (SSSR count). The summed E-state index contributed by atoms with van der Waals surface area (Å²) in [4.78, 5) is 42.1. The molecular weight excluding hydrogens is 486 g/mol. The number of benzene rings is 1. The zero-order valence-corrected chi connectivity index (χ0v) is 23.2. The fraction of sp³-hybridized carbons (Fsp3) is 0.690. The fourth-order valence-corrected chi connectivity index (χ4v) is 6.02. The molecule has 3 heterocycles. The summed E-state index contributed by atoms with van der Waals surface area (Å²) in [5, 5.41) is 0. The molecule has 0 aliphatic carbocycles. The molecule has 2 saturated heterocycles. The van der Waals surface area contributed by atoms with Crippen molar-refractivity contribution < 1.29 is 28.6 Å². The van der Waals surface area contributed by atoms with Crippen LogP contribution in [-0.4, -0.2) is 85.6 Å². The van der Waals surface area contributed by atoms with E-state index in [-0.39, 0.29) is 30.1 Å². The average molecular weight is 530 g/mol. The Morgan fingerprint density at radius 3 is 2.24 bits per heavy atom. The Balaban J connectivity index is 1.05. The van der Waals surface area contributed by atoms with Gasteiger partial charge in [0.15, 0.2) is 0 Å². The van der Waals surface area contributed by atoms with Gasteiger partial charge in [0, 0.05) is 50.8 Å². The van der Waals surface area contributed by atoms with Crippen molar-refractivity contribution in [2.75, 3.05) is 46.9 Å². The largest absolute Gasteiger partial charge is 0.497 e. The molecule has 210 valence electrons. The summed E-state index contributed by atoms with van der Waals surface area (Å²) in [5.41, 5.74) is 1.41. The zero-order chi connectivity index (χ0) is 27.1. The molecule has 3 aliphatic heterocycles. The molecule has 3 aliphatic rings. The van der Waals surface area contributed by atoms with E-state index >= 15 is 0 Å². The summed E-state index contributed by atoms with van der Waals surface area (Å²) in [6, 6.07) is 3.79. The lowest BCUT2D eigenvalue weighted by Gasteiger charge is -2.36. The van der Waals surface area contributed by atoms with Crippen LogP contribution in [0.25, 0.3) is 0 Å². The van der Waals surface area contributed by atoms with Gasteiger partial charge in [-0.05, 0) is 44.7 Å². The number of amides is 3. The lowest BCUT2D eigenvalue weighted by Crippen LogP contribution is -2.47. The van der Waals surface area contributed by atoms with Crippen molar-refractivity contribution in [3.05, 3.63) is 23.3 Å². The Morgan fingerprint density at radius 1 is 0.921 bits per heavy atom. The SMILES string of the molecule is COc1cc(OC)c2c(c1)[C@@H](CCCCCCCCCN1CCC(N3CCN(C(C)=O)C3=O)CC1)OC2=O. The predicted molar refractivity (Wildman–Crippen MR) is 144 cm³/mol. The molecule has 9 heteroatoms. The number of urea groups is 1. The van der Waals surface area contributed by atoms with Gasteiger partial charge in [-0.25, -0.2) is 9.59 Å². The van der Waals surface area contributed by atoms with Crippen LogP contribution in [0, 0.1) is 0 Å². The molecule has 0 unspecified atom stereocenters. The first-order valence-electron chi connectivity index (χ1n) is 14.2. The van der Waals surface area contributed by atoms with Gasteiger partial charge in [0.1, 0.15) is 23.2 Å². The lowest BCUT2D eigenvalue weighted by molar-refractivity contribution is -0.125. The molecule has 2 fully saturated rings. The van der Waals surface area contributed by atoms with Crippen molar-refractivity contribution in [1.29, 1.82) is 0 Å². The van der Waals surface area contributed by atoms with Gasteiger partial charge in [0.25, 0.3) is 0 Å². The molecular formula is C29H43N3O6. The van der Waals surface area contributed by atoms with E-state index < -0.39 is 0 Å². The molecule has 1 aromatic carbocycles. The van der Waals surface area contributed by atoms with Gasteiger partial charge in [0.05, 0.1) is 14.2 Å². The van der Waals surface area contributed by atoms with E-state index in [0.29, 0.717) is 30.2 Å². The van der Waals surface area contributed by atoms with Gasteiger partial charge in [-0.1, -0.05) is 32.1 Å². The van der Waals surface area contributed by atoms with E-state index in [4.69, 9.17) is 14.2 Å². The van der Waals surface area contributed by atoms with Gasteiger partial charge >= 0.3 is 12.0 Å². The number of nitrogens with zero attached hydrogens (tertiary/aromatic N) is 3. The third-order valence-corrected chi connectivity index (χ3v) is 8.22. The Kier molecular flexibility index (Phi) is 9.88. The summed E-state index contributed by atoms with van der Waals surface area (Å²) in [6.07, 6.45) is 10.9. The molecule has 3 amide bonds. The monoisotopic (exact) mass is 529 g/mol. The Hall–Kier alpha value is -2.81. The molecule has 1 atom stereocenters. The zero-order valence-electron chi connectivity index (χ0n) is 23.2. The van der Waals surface area contributed by atoms with Crippen LogP contribution in [-0.2, 0) is 9.53 Å². The fourth-order valence-electron chi connectivity index (χ4n) is 6.02. The van der Waals surface area contributed by atoms with Gasteiger partial charge in [-0.2, -0.15) is 0 Å². The van der Waals surface area contributed by atoms with E-state index in [9.17, 15) is 14.4 Å². The van der Waals surface area contributed by atoms with E-state index in [1.807, 2.05) is 11.0 Å². The average Bonchev–Trinajstić information content (AvgIpc) is 3.46. The number of fused-ring (bicyclic) bond motifs is 1. The summed E-state index contributed by atoms with van der Waals surface area (Å²) in [6.45, 7) is 5.85. The van der Waals surface area contributed by atoms with Crippen LogP contribution < -0.4 is 9.47 Å². The van der Waals surface area contributed by atoms with E-state index in [0.717, 1.165) is 57.3 Å². The number of cyclic esters (lactones) is 1. The number of esters is 1. The number of rotatable bonds is 13. The minimum absolute atomic E-state index is 0.106. The van der Waals surface area contributed by atoms with Gasteiger partial charge in [-0.3, -0.25) is 9.69 Å². The van der Waals surface area contributed by atoms with E-state index in [1.54, 1.807) is 20.3 Å². The highest BCUT2D eigenvalue weighted by molar-refractivity contribution is 5.97. The van der Waals surface area contributed by atoms with Crippen molar-refractivity contribution in [1.82, 2.24) is 14.7 Å². The second-order valence-corrected chi connectivity index (χ2v) is 10.7. The first-order chi connectivity index (χ1) is 18.4. The maximum absolute atomic E-state index is 12.4. The van der Waals surface area contributed by atoms with Crippen molar-refractivity contribution in [3.63, 3.8) is 0 Å². The van der Waals surface area contributed by atoms with Gasteiger partial charge in [0.2, 0.25) is 5.91 Å². The molecule has 9 nitrogen and oxygen atoms in total. The quantitative estimate of drug-likeness (QED) is 0.268. The Bertz CT molecular complexity index is 991. The van der Waals surface area contributed by atoms with Gasteiger partial charge < -0.3 is 24.0 Å². The first kappa shape index (κ1) is 28.2. The highest BCUT2D eigenvalue weighted by atomic mass is 16.6. The van der Waals surface area contributed by atoms with Crippen LogP contribution in [0.1, 0.15) is 93.2 Å². The third-order valence-electron chi connectivity index (χ3n) is 8.22. The number of ether oxygens (including phenoxy) is 3. The number of imide groups is 1. The molecule has 0 spiro atoms. The predicted octanol–water partition coefficient (Wildman–Crippen LogP) is 4.78. The smallest absolute Gasteiger partial charge is 0.342 e. The Labute approximate surface area is 226 Å². The molecule has 0 saturated carbocycles. The molecule has 0 aromatic heterocycles. The molecule has 1 aromatic rings.